The third kappa shape index (κ3) is 3.34. The molecule has 0 radical (unpaired) electrons. The third-order valence-corrected chi connectivity index (χ3v) is 4.79. The number of halogens is 1. The molecule has 4 nitrogen and oxygen atoms in total. The van der Waals surface area contributed by atoms with Crippen LogP contribution in [0.5, 0.6) is 0 Å². The van der Waals surface area contributed by atoms with Gasteiger partial charge in [-0.2, -0.15) is 0 Å². The van der Waals surface area contributed by atoms with Crippen LogP contribution in [0.15, 0.2) is 67.0 Å². The maximum absolute atomic E-state index is 6.19. The SMILES string of the molecule is Cc1nc2cnccc2n1-c1ccc(CNCc2ccccc2Cl)cc1. The van der Waals surface area contributed by atoms with Gasteiger partial charge in [0.15, 0.2) is 0 Å². The molecule has 130 valence electrons. The van der Waals surface area contributed by atoms with Crippen LogP contribution < -0.4 is 5.32 Å². The minimum absolute atomic E-state index is 0.750. The number of hydrogen-bond donors (Lipinski definition) is 1. The molecular weight excluding hydrogens is 344 g/mol. The molecule has 5 heteroatoms. The van der Waals surface area contributed by atoms with Gasteiger partial charge in [0.2, 0.25) is 0 Å². The topological polar surface area (TPSA) is 42.7 Å². The second-order valence-electron chi connectivity index (χ2n) is 6.22. The van der Waals surface area contributed by atoms with E-state index in [1.807, 2.05) is 37.3 Å². The molecule has 0 unspecified atom stereocenters. The predicted octanol–water partition coefficient (Wildman–Crippen LogP) is 4.67. The Balaban J connectivity index is 1.48. The highest BCUT2D eigenvalue weighted by molar-refractivity contribution is 6.31. The van der Waals surface area contributed by atoms with Gasteiger partial charge >= 0.3 is 0 Å². The van der Waals surface area contributed by atoms with Crippen LogP contribution in [-0.4, -0.2) is 14.5 Å². The van der Waals surface area contributed by atoms with Gasteiger partial charge in [0.05, 0.1) is 11.7 Å². The lowest BCUT2D eigenvalue weighted by Crippen LogP contribution is -2.13. The molecule has 4 rings (SSSR count). The first-order valence-electron chi connectivity index (χ1n) is 8.55. The maximum atomic E-state index is 6.19. The largest absolute Gasteiger partial charge is 0.309 e. The molecule has 2 aromatic carbocycles. The Hall–Kier alpha value is -2.69. The number of pyridine rings is 1. The summed E-state index contributed by atoms with van der Waals surface area (Å²) in [5.74, 6) is 0.956. The van der Waals surface area contributed by atoms with Crippen molar-refractivity contribution in [2.75, 3.05) is 0 Å². The van der Waals surface area contributed by atoms with Crippen LogP contribution in [0.4, 0.5) is 0 Å². The van der Waals surface area contributed by atoms with Crippen molar-refractivity contribution in [1.29, 1.82) is 0 Å². The summed E-state index contributed by atoms with van der Waals surface area (Å²) in [6, 6.07) is 18.4. The lowest BCUT2D eigenvalue weighted by atomic mass is 10.2. The first-order chi connectivity index (χ1) is 12.7. The van der Waals surface area contributed by atoms with Crippen LogP contribution in [0.25, 0.3) is 16.7 Å². The fourth-order valence-corrected chi connectivity index (χ4v) is 3.33. The highest BCUT2D eigenvalue weighted by Gasteiger charge is 2.09. The molecule has 2 heterocycles. The fraction of sp³-hybridized carbons (Fsp3) is 0.143. The number of imidazole rings is 1. The molecular formula is C21H19ClN4. The van der Waals surface area contributed by atoms with Crippen molar-refractivity contribution < 1.29 is 0 Å². The molecule has 0 aliphatic carbocycles. The normalized spacial score (nSPS) is 11.2. The summed E-state index contributed by atoms with van der Waals surface area (Å²) < 4.78 is 2.15. The van der Waals surface area contributed by atoms with Crippen molar-refractivity contribution in [3.05, 3.63) is 89.0 Å². The van der Waals surface area contributed by atoms with Gasteiger partial charge in [0, 0.05) is 30.0 Å². The number of nitrogens with zero attached hydrogens (tertiary/aromatic N) is 3. The van der Waals surface area contributed by atoms with Crippen LogP contribution in [0, 0.1) is 6.92 Å². The smallest absolute Gasteiger partial charge is 0.111 e. The standard InChI is InChI=1S/C21H19ClN4/c1-15-25-20-14-23-11-10-21(20)26(15)18-8-6-16(7-9-18)12-24-13-17-4-2-3-5-19(17)22/h2-11,14,24H,12-13H2,1H3. The summed E-state index contributed by atoms with van der Waals surface area (Å²) in [6.07, 6.45) is 3.60. The molecule has 0 bridgehead atoms. The lowest BCUT2D eigenvalue weighted by molar-refractivity contribution is 0.693. The van der Waals surface area contributed by atoms with Crippen molar-refractivity contribution >= 4 is 22.6 Å². The van der Waals surface area contributed by atoms with Crippen molar-refractivity contribution in [1.82, 2.24) is 19.9 Å². The number of rotatable bonds is 5. The molecule has 0 fully saturated rings. The Labute approximate surface area is 157 Å². The van der Waals surface area contributed by atoms with E-state index < -0.39 is 0 Å². The highest BCUT2D eigenvalue weighted by Crippen LogP contribution is 2.21. The number of fused-ring (bicyclic) bond motifs is 1. The monoisotopic (exact) mass is 362 g/mol. The van der Waals surface area contributed by atoms with E-state index in [2.05, 4.69) is 44.1 Å². The van der Waals surface area contributed by atoms with Crippen LogP contribution in [0.1, 0.15) is 17.0 Å². The van der Waals surface area contributed by atoms with Crippen LogP contribution in [-0.2, 0) is 13.1 Å². The fourth-order valence-electron chi connectivity index (χ4n) is 3.12. The third-order valence-electron chi connectivity index (χ3n) is 4.42. The highest BCUT2D eigenvalue weighted by atomic mass is 35.5. The van der Waals surface area contributed by atoms with E-state index in [-0.39, 0.29) is 0 Å². The van der Waals surface area contributed by atoms with Gasteiger partial charge in [-0.3, -0.25) is 9.55 Å². The zero-order chi connectivity index (χ0) is 17.9. The Kier molecular flexibility index (Phi) is 4.69. The van der Waals surface area contributed by atoms with Gasteiger partial charge in [-0.05, 0) is 42.3 Å². The molecule has 0 aliphatic heterocycles. The maximum Gasteiger partial charge on any atom is 0.111 e. The first-order valence-corrected chi connectivity index (χ1v) is 8.92. The Morgan fingerprint density at radius 3 is 2.62 bits per heavy atom. The number of hydrogen-bond acceptors (Lipinski definition) is 3. The average molecular weight is 363 g/mol. The van der Waals surface area contributed by atoms with Gasteiger partial charge in [-0.1, -0.05) is 41.9 Å². The van der Waals surface area contributed by atoms with Crippen LogP contribution in [0.3, 0.4) is 0 Å². The zero-order valence-electron chi connectivity index (χ0n) is 14.5. The van der Waals surface area contributed by atoms with E-state index in [9.17, 15) is 0 Å². The van der Waals surface area contributed by atoms with E-state index in [0.29, 0.717) is 0 Å². The molecule has 0 atom stereocenters. The minimum atomic E-state index is 0.750. The molecule has 2 aromatic heterocycles. The van der Waals surface area contributed by atoms with Crippen molar-refractivity contribution in [2.24, 2.45) is 0 Å². The van der Waals surface area contributed by atoms with Gasteiger partial charge in [-0.15, -0.1) is 0 Å². The molecule has 26 heavy (non-hydrogen) atoms. The van der Waals surface area contributed by atoms with Gasteiger partial charge in [0.1, 0.15) is 11.3 Å². The second-order valence-corrected chi connectivity index (χ2v) is 6.63. The zero-order valence-corrected chi connectivity index (χ0v) is 15.2. The van der Waals surface area contributed by atoms with Crippen LogP contribution >= 0.6 is 11.6 Å². The Morgan fingerprint density at radius 2 is 1.81 bits per heavy atom. The number of aryl methyl sites for hydroxylation is 1. The van der Waals surface area contributed by atoms with Gasteiger partial charge in [0.25, 0.3) is 0 Å². The first kappa shape index (κ1) is 16.8. The Bertz CT molecular complexity index is 1040. The van der Waals surface area contributed by atoms with Crippen molar-refractivity contribution in [3.8, 4) is 5.69 Å². The summed E-state index contributed by atoms with van der Waals surface area (Å²) in [5.41, 5.74) is 5.42. The van der Waals surface area contributed by atoms with Gasteiger partial charge in [-0.25, -0.2) is 4.98 Å². The number of benzene rings is 2. The molecule has 0 aliphatic rings. The summed E-state index contributed by atoms with van der Waals surface area (Å²) in [6.45, 7) is 3.55. The molecule has 1 N–H and O–H groups in total. The summed E-state index contributed by atoms with van der Waals surface area (Å²) in [5, 5.41) is 4.24. The molecule has 0 saturated carbocycles. The van der Waals surface area contributed by atoms with E-state index >= 15 is 0 Å². The molecule has 4 aromatic rings. The second kappa shape index (κ2) is 7.28. The summed E-state index contributed by atoms with van der Waals surface area (Å²) >= 11 is 6.19. The van der Waals surface area contributed by atoms with Crippen molar-refractivity contribution in [2.45, 2.75) is 20.0 Å². The predicted molar refractivity (Wildman–Crippen MR) is 106 cm³/mol. The summed E-state index contributed by atoms with van der Waals surface area (Å²) in [4.78, 5) is 8.73. The van der Waals surface area contributed by atoms with Crippen molar-refractivity contribution in [3.63, 3.8) is 0 Å². The number of aromatic nitrogens is 3. The van der Waals surface area contributed by atoms with E-state index in [4.69, 9.17) is 11.6 Å². The minimum Gasteiger partial charge on any atom is -0.309 e. The quantitative estimate of drug-likeness (QED) is 0.561. The van der Waals surface area contributed by atoms with E-state index in [1.165, 1.54) is 5.56 Å². The van der Waals surface area contributed by atoms with E-state index in [0.717, 1.165) is 46.2 Å². The van der Waals surface area contributed by atoms with Gasteiger partial charge < -0.3 is 5.32 Å². The average Bonchev–Trinajstić information content (AvgIpc) is 3.00. The Morgan fingerprint density at radius 1 is 1.00 bits per heavy atom. The van der Waals surface area contributed by atoms with Crippen LogP contribution in [0.2, 0.25) is 5.02 Å². The lowest BCUT2D eigenvalue weighted by Gasteiger charge is -2.10. The molecule has 0 amide bonds. The summed E-state index contributed by atoms with van der Waals surface area (Å²) in [7, 11) is 0. The molecule has 0 saturated heterocycles. The van der Waals surface area contributed by atoms with E-state index in [1.54, 1.807) is 12.4 Å². The number of nitrogens with one attached hydrogen (secondary N) is 1. The molecule has 0 spiro atoms.